The van der Waals surface area contributed by atoms with Crippen LogP contribution in [0.25, 0.3) is 0 Å². The van der Waals surface area contributed by atoms with Gasteiger partial charge < -0.3 is 9.84 Å². The smallest absolute Gasteiger partial charge is 0.213 e. The van der Waals surface area contributed by atoms with Gasteiger partial charge in [0, 0.05) is 11.8 Å². The van der Waals surface area contributed by atoms with E-state index in [4.69, 9.17) is 9.84 Å². The highest BCUT2D eigenvalue weighted by Crippen LogP contribution is 2.04. The van der Waals surface area contributed by atoms with Crippen LogP contribution in [0.15, 0.2) is 0 Å². The molecule has 1 unspecified atom stereocenters. The second-order valence-electron chi connectivity index (χ2n) is 2.00. The molecule has 2 atom stereocenters. The number of rotatable bonds is 2. The molecular formula is C5H11NO2S. The minimum atomic E-state index is -0.734. The van der Waals surface area contributed by atoms with Crippen molar-refractivity contribution >= 4 is 11.8 Å². The second kappa shape index (κ2) is 3.41. The lowest BCUT2D eigenvalue weighted by Gasteiger charge is -2.04. The summed E-state index contributed by atoms with van der Waals surface area (Å²) in [4.78, 5) is 0. The molecule has 2 N–H and O–H groups in total. The Labute approximate surface area is 58.8 Å². The molecule has 1 rings (SSSR count). The molecule has 0 aromatic rings. The SMILES string of the molecule is CSC[C@H]1COC(O)N1. The van der Waals surface area contributed by atoms with Crippen LogP contribution in [0.3, 0.4) is 0 Å². The molecule has 1 fully saturated rings. The van der Waals surface area contributed by atoms with Gasteiger partial charge in [0.25, 0.3) is 0 Å². The van der Waals surface area contributed by atoms with Gasteiger partial charge in [0.1, 0.15) is 0 Å². The predicted octanol–water partition coefficient (Wildman–Crippen LogP) is -0.386. The maximum absolute atomic E-state index is 8.78. The number of aliphatic hydroxyl groups excluding tert-OH is 1. The molecule has 1 aliphatic rings. The molecule has 54 valence electrons. The van der Waals surface area contributed by atoms with Crippen molar-refractivity contribution in [2.45, 2.75) is 12.5 Å². The van der Waals surface area contributed by atoms with Crippen molar-refractivity contribution in [2.75, 3.05) is 18.6 Å². The highest BCUT2D eigenvalue weighted by atomic mass is 32.2. The van der Waals surface area contributed by atoms with Gasteiger partial charge in [-0.2, -0.15) is 11.8 Å². The van der Waals surface area contributed by atoms with E-state index >= 15 is 0 Å². The Kier molecular flexibility index (Phi) is 2.78. The third-order valence-corrected chi connectivity index (χ3v) is 1.94. The molecule has 0 aromatic heterocycles. The predicted molar refractivity (Wildman–Crippen MR) is 37.3 cm³/mol. The highest BCUT2D eigenvalue weighted by Gasteiger charge is 2.20. The van der Waals surface area contributed by atoms with Gasteiger partial charge in [-0.1, -0.05) is 0 Å². The average molecular weight is 149 g/mol. The van der Waals surface area contributed by atoms with Crippen LogP contribution in [-0.2, 0) is 4.74 Å². The normalized spacial score (nSPS) is 35.3. The molecule has 9 heavy (non-hydrogen) atoms. The van der Waals surface area contributed by atoms with Gasteiger partial charge in [-0.3, -0.25) is 5.32 Å². The summed E-state index contributed by atoms with van der Waals surface area (Å²) in [5.41, 5.74) is 0. The largest absolute Gasteiger partial charge is 0.356 e. The van der Waals surface area contributed by atoms with Crippen LogP contribution in [0.1, 0.15) is 0 Å². The van der Waals surface area contributed by atoms with E-state index in [2.05, 4.69) is 5.32 Å². The van der Waals surface area contributed by atoms with Gasteiger partial charge in [-0.05, 0) is 6.26 Å². The average Bonchev–Trinajstić information content (AvgIpc) is 2.17. The summed E-state index contributed by atoms with van der Waals surface area (Å²) < 4.78 is 4.85. The number of ether oxygens (including phenoxy) is 1. The Hall–Kier alpha value is 0.230. The fourth-order valence-electron chi connectivity index (χ4n) is 0.803. The van der Waals surface area contributed by atoms with E-state index in [1.807, 2.05) is 6.26 Å². The first-order valence-electron chi connectivity index (χ1n) is 2.87. The quantitative estimate of drug-likeness (QED) is 0.561. The van der Waals surface area contributed by atoms with E-state index in [9.17, 15) is 0 Å². The van der Waals surface area contributed by atoms with Crippen molar-refractivity contribution in [2.24, 2.45) is 0 Å². The zero-order valence-electron chi connectivity index (χ0n) is 5.33. The molecule has 0 aliphatic carbocycles. The van der Waals surface area contributed by atoms with E-state index in [0.29, 0.717) is 12.6 Å². The summed E-state index contributed by atoms with van der Waals surface area (Å²) in [6, 6.07) is 0.329. The van der Waals surface area contributed by atoms with Gasteiger partial charge in [-0.25, -0.2) is 0 Å². The van der Waals surface area contributed by atoms with Crippen LogP contribution >= 0.6 is 11.8 Å². The summed E-state index contributed by atoms with van der Waals surface area (Å²) in [6.45, 7) is 0.627. The van der Waals surface area contributed by atoms with Crippen LogP contribution in [0, 0.1) is 0 Å². The van der Waals surface area contributed by atoms with Crippen molar-refractivity contribution < 1.29 is 9.84 Å². The number of aliphatic hydroxyl groups is 1. The summed E-state index contributed by atoms with van der Waals surface area (Å²) in [6.07, 6.45) is 1.30. The summed E-state index contributed by atoms with van der Waals surface area (Å²) in [7, 11) is 0. The lowest BCUT2D eigenvalue weighted by atomic mass is 10.4. The van der Waals surface area contributed by atoms with E-state index < -0.39 is 6.41 Å². The van der Waals surface area contributed by atoms with Gasteiger partial charge in [0.05, 0.1) is 6.61 Å². The molecule has 3 nitrogen and oxygen atoms in total. The van der Waals surface area contributed by atoms with Crippen molar-refractivity contribution in [3.63, 3.8) is 0 Å². The van der Waals surface area contributed by atoms with E-state index in [1.54, 1.807) is 11.8 Å². The topological polar surface area (TPSA) is 41.5 Å². The van der Waals surface area contributed by atoms with E-state index in [0.717, 1.165) is 5.75 Å². The van der Waals surface area contributed by atoms with Crippen LogP contribution in [-0.4, -0.2) is 36.2 Å². The zero-order chi connectivity index (χ0) is 6.69. The minimum absolute atomic E-state index is 0.329. The first-order valence-corrected chi connectivity index (χ1v) is 4.27. The van der Waals surface area contributed by atoms with Crippen molar-refractivity contribution in [1.29, 1.82) is 0 Å². The molecule has 0 radical (unpaired) electrons. The van der Waals surface area contributed by atoms with Crippen LogP contribution in [0.4, 0.5) is 0 Å². The summed E-state index contributed by atoms with van der Waals surface area (Å²) in [5.74, 6) is 0.997. The number of nitrogens with one attached hydrogen (secondary N) is 1. The molecule has 1 heterocycles. The molecule has 0 bridgehead atoms. The maximum Gasteiger partial charge on any atom is 0.213 e. The zero-order valence-corrected chi connectivity index (χ0v) is 6.15. The highest BCUT2D eigenvalue weighted by molar-refractivity contribution is 7.98. The van der Waals surface area contributed by atoms with E-state index in [1.165, 1.54) is 0 Å². The minimum Gasteiger partial charge on any atom is -0.356 e. The Bertz CT molecular complexity index is 89.0. The molecule has 4 heteroatoms. The maximum atomic E-state index is 8.78. The molecule has 1 aliphatic heterocycles. The van der Waals surface area contributed by atoms with Gasteiger partial charge in [-0.15, -0.1) is 0 Å². The van der Waals surface area contributed by atoms with Crippen LogP contribution in [0.5, 0.6) is 0 Å². The fourth-order valence-corrected chi connectivity index (χ4v) is 1.40. The van der Waals surface area contributed by atoms with Gasteiger partial charge >= 0.3 is 0 Å². The Morgan fingerprint density at radius 3 is 3.11 bits per heavy atom. The van der Waals surface area contributed by atoms with Gasteiger partial charge in [0.15, 0.2) is 0 Å². The first-order chi connectivity index (χ1) is 4.33. The third kappa shape index (κ3) is 2.14. The first kappa shape index (κ1) is 7.34. The molecule has 0 spiro atoms. The van der Waals surface area contributed by atoms with Crippen LogP contribution in [0.2, 0.25) is 0 Å². The third-order valence-electron chi connectivity index (χ3n) is 1.20. The van der Waals surface area contributed by atoms with E-state index in [-0.39, 0.29) is 0 Å². The lowest BCUT2D eigenvalue weighted by Crippen LogP contribution is -2.31. The van der Waals surface area contributed by atoms with Crippen molar-refractivity contribution in [1.82, 2.24) is 5.32 Å². The molecule has 1 saturated heterocycles. The number of thioether (sulfide) groups is 1. The van der Waals surface area contributed by atoms with Crippen molar-refractivity contribution in [3.8, 4) is 0 Å². The summed E-state index contributed by atoms with van der Waals surface area (Å²) in [5, 5.41) is 11.7. The standard InChI is InChI=1S/C5H11NO2S/c1-9-3-4-2-8-5(7)6-4/h4-7H,2-3H2,1H3/t4-,5?/m1/s1. The van der Waals surface area contributed by atoms with Crippen molar-refractivity contribution in [3.05, 3.63) is 0 Å². The summed E-state index contributed by atoms with van der Waals surface area (Å²) >= 11 is 1.75. The number of hydrogen-bond acceptors (Lipinski definition) is 4. The Morgan fingerprint density at radius 2 is 2.67 bits per heavy atom. The fraction of sp³-hybridized carbons (Fsp3) is 1.00. The second-order valence-corrected chi connectivity index (χ2v) is 2.92. The molecular weight excluding hydrogens is 138 g/mol. The Morgan fingerprint density at radius 1 is 1.89 bits per heavy atom. The molecule has 0 amide bonds. The van der Waals surface area contributed by atoms with Crippen LogP contribution < -0.4 is 5.32 Å². The lowest BCUT2D eigenvalue weighted by molar-refractivity contribution is -0.0719. The number of hydrogen-bond donors (Lipinski definition) is 2. The Balaban J connectivity index is 2.14. The van der Waals surface area contributed by atoms with Gasteiger partial charge in [0.2, 0.25) is 6.41 Å². The monoisotopic (exact) mass is 149 g/mol. The molecule has 0 aromatic carbocycles. The molecule has 0 saturated carbocycles.